The van der Waals surface area contributed by atoms with Gasteiger partial charge in [0, 0.05) is 30.3 Å². The second-order valence-electron chi connectivity index (χ2n) is 10.4. The van der Waals surface area contributed by atoms with Crippen LogP contribution in [0.25, 0.3) is 0 Å². The molecule has 28 heavy (non-hydrogen) atoms. The minimum absolute atomic E-state index is 0.0819. The number of rotatable bonds is 2. The number of Topliss-reactive ketones (excluding diaryl/α,β-unsaturated/α-hetero) is 1. The molecule has 7 heteroatoms. The number of ketones is 1. The summed E-state index contributed by atoms with van der Waals surface area (Å²) in [6, 6.07) is 0. The number of carbonyl (C=O) groups excluding carboxylic acids is 2. The van der Waals surface area contributed by atoms with E-state index in [9.17, 15) is 19.8 Å². The van der Waals surface area contributed by atoms with Crippen molar-refractivity contribution in [3.8, 4) is 0 Å². The van der Waals surface area contributed by atoms with Crippen molar-refractivity contribution in [2.45, 2.75) is 58.0 Å². The molecule has 156 valence electrons. The lowest BCUT2D eigenvalue weighted by Crippen LogP contribution is -2.70. The second kappa shape index (κ2) is 5.78. The molecule has 5 aliphatic rings. The van der Waals surface area contributed by atoms with E-state index < -0.39 is 47.1 Å². The van der Waals surface area contributed by atoms with Gasteiger partial charge in [-0.1, -0.05) is 13.8 Å². The zero-order valence-corrected chi connectivity index (χ0v) is 16.7. The van der Waals surface area contributed by atoms with E-state index >= 15 is 0 Å². The summed E-state index contributed by atoms with van der Waals surface area (Å²) in [5.74, 6) is -2.00. The molecule has 0 radical (unpaired) electrons. The SMILES string of the molecule is COCC1C(=O)C23CC1CC(O)C2C12COC(O)C1C(C)(C)CCC2OC3=O. The summed E-state index contributed by atoms with van der Waals surface area (Å²) in [4.78, 5) is 26.9. The molecule has 2 bridgehead atoms. The van der Waals surface area contributed by atoms with Gasteiger partial charge in [-0.15, -0.1) is 0 Å². The number of methoxy groups -OCH3 is 1. The van der Waals surface area contributed by atoms with Gasteiger partial charge in [-0.2, -0.15) is 0 Å². The zero-order chi connectivity index (χ0) is 20.1. The topological polar surface area (TPSA) is 102 Å². The van der Waals surface area contributed by atoms with Gasteiger partial charge in [-0.05, 0) is 37.0 Å². The highest BCUT2D eigenvalue weighted by atomic mass is 16.6. The molecule has 5 fully saturated rings. The molecule has 9 atom stereocenters. The summed E-state index contributed by atoms with van der Waals surface area (Å²) in [7, 11) is 1.55. The third kappa shape index (κ3) is 1.99. The van der Waals surface area contributed by atoms with E-state index in [2.05, 4.69) is 13.8 Å². The van der Waals surface area contributed by atoms with E-state index in [4.69, 9.17) is 14.2 Å². The number of aliphatic hydroxyl groups excluding tert-OH is 2. The minimum Gasteiger partial charge on any atom is -0.461 e. The highest BCUT2D eigenvalue weighted by Crippen LogP contribution is 2.71. The molecule has 2 N–H and O–H groups in total. The number of hydrogen-bond acceptors (Lipinski definition) is 7. The van der Waals surface area contributed by atoms with Crippen LogP contribution in [-0.4, -0.2) is 60.8 Å². The average molecular weight is 394 g/mol. The van der Waals surface area contributed by atoms with Gasteiger partial charge in [0.1, 0.15) is 11.5 Å². The summed E-state index contributed by atoms with van der Waals surface area (Å²) >= 11 is 0. The van der Waals surface area contributed by atoms with Crippen molar-refractivity contribution < 1.29 is 34.0 Å². The van der Waals surface area contributed by atoms with Gasteiger partial charge < -0.3 is 24.4 Å². The van der Waals surface area contributed by atoms with Crippen molar-refractivity contribution in [3.63, 3.8) is 0 Å². The number of hydrogen-bond donors (Lipinski definition) is 2. The lowest BCUT2D eigenvalue weighted by Gasteiger charge is -2.62. The van der Waals surface area contributed by atoms with Gasteiger partial charge in [0.15, 0.2) is 12.1 Å². The summed E-state index contributed by atoms with van der Waals surface area (Å²) in [5, 5.41) is 22.1. The van der Waals surface area contributed by atoms with Gasteiger partial charge in [0.25, 0.3) is 0 Å². The summed E-state index contributed by atoms with van der Waals surface area (Å²) in [6.07, 6.45) is 0.0922. The molecule has 3 aliphatic carbocycles. The molecule has 0 aromatic rings. The first kappa shape index (κ1) is 19.0. The quantitative estimate of drug-likeness (QED) is 0.530. The highest BCUT2D eigenvalue weighted by molar-refractivity contribution is 6.08. The van der Waals surface area contributed by atoms with Gasteiger partial charge in [0.05, 0.1) is 19.3 Å². The molecule has 0 aromatic carbocycles. The zero-order valence-electron chi connectivity index (χ0n) is 16.7. The third-order valence-electron chi connectivity index (χ3n) is 8.79. The van der Waals surface area contributed by atoms with E-state index in [-0.39, 0.29) is 36.2 Å². The minimum atomic E-state index is -1.35. The first-order valence-electron chi connectivity index (χ1n) is 10.4. The van der Waals surface area contributed by atoms with Crippen molar-refractivity contribution in [1.82, 2.24) is 0 Å². The predicted octanol–water partition coefficient (Wildman–Crippen LogP) is 0.902. The highest BCUT2D eigenvalue weighted by Gasteiger charge is 2.79. The summed E-state index contributed by atoms with van der Waals surface area (Å²) in [6.45, 7) is 4.65. The van der Waals surface area contributed by atoms with Crippen molar-refractivity contribution >= 4 is 11.8 Å². The second-order valence-corrected chi connectivity index (χ2v) is 10.4. The molecule has 9 unspecified atom stereocenters. The largest absolute Gasteiger partial charge is 0.461 e. The van der Waals surface area contributed by atoms with Gasteiger partial charge >= 0.3 is 5.97 Å². The Labute approximate surface area is 164 Å². The summed E-state index contributed by atoms with van der Waals surface area (Å²) in [5.41, 5.74) is -2.33. The molecular weight excluding hydrogens is 364 g/mol. The maximum Gasteiger partial charge on any atom is 0.320 e. The van der Waals surface area contributed by atoms with E-state index in [0.29, 0.717) is 19.3 Å². The van der Waals surface area contributed by atoms with Crippen LogP contribution in [-0.2, 0) is 23.8 Å². The van der Waals surface area contributed by atoms with Gasteiger partial charge in [0.2, 0.25) is 0 Å². The smallest absolute Gasteiger partial charge is 0.320 e. The van der Waals surface area contributed by atoms with Crippen LogP contribution in [0.2, 0.25) is 0 Å². The Morgan fingerprint density at radius 2 is 1.96 bits per heavy atom. The molecule has 2 spiro atoms. The number of aliphatic hydroxyl groups is 2. The lowest BCUT2D eigenvalue weighted by atomic mass is 9.43. The van der Waals surface area contributed by atoms with E-state index in [1.807, 2.05) is 0 Å². The first-order valence-corrected chi connectivity index (χ1v) is 10.4. The van der Waals surface area contributed by atoms with Crippen LogP contribution in [0.3, 0.4) is 0 Å². The van der Waals surface area contributed by atoms with Crippen LogP contribution in [0.1, 0.15) is 39.5 Å². The fourth-order valence-electron chi connectivity index (χ4n) is 7.92. The number of fused-ring (bicyclic) bond motifs is 1. The van der Waals surface area contributed by atoms with E-state index in [0.717, 1.165) is 6.42 Å². The molecule has 2 aliphatic heterocycles. The molecule has 0 amide bonds. The third-order valence-corrected chi connectivity index (χ3v) is 8.79. The maximum absolute atomic E-state index is 13.6. The van der Waals surface area contributed by atoms with Crippen molar-refractivity contribution in [3.05, 3.63) is 0 Å². The number of carbonyl (C=O) groups is 2. The van der Waals surface area contributed by atoms with Crippen molar-refractivity contribution in [1.29, 1.82) is 0 Å². The van der Waals surface area contributed by atoms with Crippen molar-refractivity contribution in [2.75, 3.05) is 20.3 Å². The first-order chi connectivity index (χ1) is 13.2. The summed E-state index contributed by atoms with van der Waals surface area (Å²) < 4.78 is 17.0. The Balaban J connectivity index is 1.69. The average Bonchev–Trinajstić information content (AvgIpc) is 3.08. The Bertz CT molecular complexity index is 720. The van der Waals surface area contributed by atoms with Crippen LogP contribution >= 0.6 is 0 Å². The lowest BCUT2D eigenvalue weighted by molar-refractivity contribution is -0.251. The molecule has 0 aromatic heterocycles. The Morgan fingerprint density at radius 3 is 2.68 bits per heavy atom. The van der Waals surface area contributed by atoms with Crippen molar-refractivity contribution in [2.24, 2.45) is 39.9 Å². The number of esters is 1. The van der Waals surface area contributed by atoms with E-state index in [1.54, 1.807) is 7.11 Å². The maximum atomic E-state index is 13.6. The Morgan fingerprint density at radius 1 is 1.21 bits per heavy atom. The fraction of sp³-hybridized carbons (Fsp3) is 0.905. The molecular formula is C21H30O7. The fourth-order valence-corrected chi connectivity index (χ4v) is 7.92. The van der Waals surface area contributed by atoms with Crippen LogP contribution in [0.4, 0.5) is 0 Å². The van der Waals surface area contributed by atoms with Gasteiger partial charge in [-0.3, -0.25) is 9.59 Å². The predicted molar refractivity (Wildman–Crippen MR) is 95.8 cm³/mol. The van der Waals surface area contributed by atoms with E-state index in [1.165, 1.54) is 0 Å². The standard InChI is InChI=1S/C21H30O7/c1-19(2)5-4-13-21(9-27-17(24)15(19)21)14-12(22)6-10-7-20(14,18(25)28-13)16(23)11(10)8-26-3/h10-15,17,22,24H,4-9H2,1-3H3. The normalized spacial score (nSPS) is 54.0. The molecule has 5 rings (SSSR count). The van der Waals surface area contributed by atoms with Crippen LogP contribution in [0.5, 0.6) is 0 Å². The molecule has 7 nitrogen and oxygen atoms in total. The molecule has 3 saturated carbocycles. The van der Waals surface area contributed by atoms with Crippen LogP contribution in [0, 0.1) is 39.9 Å². The van der Waals surface area contributed by atoms with Gasteiger partial charge in [-0.25, -0.2) is 0 Å². The van der Waals surface area contributed by atoms with Crippen LogP contribution < -0.4 is 0 Å². The number of ether oxygens (including phenoxy) is 3. The Kier molecular flexibility index (Phi) is 3.91. The molecule has 2 heterocycles. The molecule has 2 saturated heterocycles. The Hall–Kier alpha value is -1.02. The van der Waals surface area contributed by atoms with Crippen LogP contribution in [0.15, 0.2) is 0 Å². The monoisotopic (exact) mass is 394 g/mol.